The van der Waals surface area contributed by atoms with E-state index in [9.17, 15) is 0 Å². The van der Waals surface area contributed by atoms with Crippen LogP contribution in [0.4, 0.5) is 0 Å². The summed E-state index contributed by atoms with van der Waals surface area (Å²) in [5, 5.41) is 3.71. The van der Waals surface area contributed by atoms with Crippen molar-refractivity contribution in [2.45, 2.75) is 58.7 Å². The molecule has 0 aromatic heterocycles. The molecule has 0 bridgehead atoms. The van der Waals surface area contributed by atoms with Gasteiger partial charge < -0.3 is 10.2 Å². The number of hydrogen-bond donors (Lipinski definition) is 1. The second-order valence-corrected chi connectivity index (χ2v) is 5.98. The van der Waals surface area contributed by atoms with Crippen molar-refractivity contribution in [3.8, 4) is 0 Å². The molecule has 1 N–H and O–H groups in total. The number of likely N-dealkylation sites (tertiary alicyclic amines) is 1. The lowest BCUT2D eigenvalue weighted by molar-refractivity contribution is 0.166. The Kier molecular flexibility index (Phi) is 6.45. The van der Waals surface area contributed by atoms with Crippen LogP contribution in [-0.4, -0.2) is 61.2 Å². The van der Waals surface area contributed by atoms with Gasteiger partial charge in [0.1, 0.15) is 0 Å². The summed E-state index contributed by atoms with van der Waals surface area (Å²) in [6.45, 7) is 13.9. The van der Waals surface area contributed by atoms with Crippen LogP contribution >= 0.6 is 0 Å². The van der Waals surface area contributed by atoms with Crippen molar-refractivity contribution in [2.75, 3.05) is 33.2 Å². The summed E-state index contributed by atoms with van der Waals surface area (Å²) in [5.41, 5.74) is 0. The molecule has 3 heteroatoms. The Balaban J connectivity index is 2.21. The Bertz CT molecular complexity index is 196. The molecule has 1 rings (SSSR count). The third-order valence-corrected chi connectivity index (χ3v) is 3.75. The summed E-state index contributed by atoms with van der Waals surface area (Å²) < 4.78 is 0. The molecule has 0 amide bonds. The molecule has 1 atom stereocenters. The molecule has 0 aliphatic carbocycles. The smallest absolute Gasteiger partial charge is 0.0195 e. The minimum atomic E-state index is 0.644. The summed E-state index contributed by atoms with van der Waals surface area (Å²) in [7, 11) is 2.22. The first kappa shape index (κ1) is 14.9. The van der Waals surface area contributed by atoms with Gasteiger partial charge in [0.15, 0.2) is 0 Å². The first-order chi connectivity index (χ1) is 8.00. The van der Waals surface area contributed by atoms with Gasteiger partial charge in [0.25, 0.3) is 0 Å². The van der Waals surface area contributed by atoms with Crippen LogP contribution in [0.15, 0.2) is 0 Å². The van der Waals surface area contributed by atoms with Crippen LogP contribution in [0.2, 0.25) is 0 Å². The normalized spacial score (nSPS) is 22.9. The second kappa shape index (κ2) is 7.34. The van der Waals surface area contributed by atoms with E-state index in [1.54, 1.807) is 0 Å². The highest BCUT2D eigenvalue weighted by molar-refractivity contribution is 4.77. The Hall–Kier alpha value is -0.120. The fourth-order valence-electron chi connectivity index (χ4n) is 2.84. The van der Waals surface area contributed by atoms with E-state index in [0.717, 1.165) is 13.1 Å². The van der Waals surface area contributed by atoms with Crippen LogP contribution in [0.25, 0.3) is 0 Å². The van der Waals surface area contributed by atoms with Crippen molar-refractivity contribution in [2.24, 2.45) is 0 Å². The summed E-state index contributed by atoms with van der Waals surface area (Å²) in [6.07, 6.45) is 2.68. The molecule has 17 heavy (non-hydrogen) atoms. The molecule has 0 aromatic rings. The topological polar surface area (TPSA) is 18.5 Å². The third-order valence-electron chi connectivity index (χ3n) is 3.75. The summed E-state index contributed by atoms with van der Waals surface area (Å²) >= 11 is 0. The molecule has 1 saturated heterocycles. The molecule has 1 aliphatic rings. The van der Waals surface area contributed by atoms with Crippen molar-refractivity contribution in [1.29, 1.82) is 0 Å². The van der Waals surface area contributed by atoms with Gasteiger partial charge in [-0.2, -0.15) is 0 Å². The van der Waals surface area contributed by atoms with Crippen molar-refractivity contribution < 1.29 is 0 Å². The molecule has 1 heterocycles. The molecule has 0 aromatic carbocycles. The Labute approximate surface area is 108 Å². The molecule has 3 nitrogen and oxygen atoms in total. The minimum absolute atomic E-state index is 0.644. The van der Waals surface area contributed by atoms with Gasteiger partial charge in [-0.25, -0.2) is 0 Å². The van der Waals surface area contributed by atoms with Crippen molar-refractivity contribution >= 4 is 0 Å². The van der Waals surface area contributed by atoms with Crippen LogP contribution in [0.3, 0.4) is 0 Å². The zero-order valence-electron chi connectivity index (χ0n) is 12.4. The predicted octanol–water partition coefficient (Wildman–Crippen LogP) is 1.79. The molecular weight excluding hydrogens is 210 g/mol. The van der Waals surface area contributed by atoms with Crippen LogP contribution in [0.1, 0.15) is 40.5 Å². The van der Waals surface area contributed by atoms with E-state index in [1.807, 2.05) is 0 Å². The molecule has 102 valence electrons. The molecule has 1 fully saturated rings. The van der Waals surface area contributed by atoms with E-state index in [2.05, 4.69) is 49.9 Å². The summed E-state index contributed by atoms with van der Waals surface area (Å²) in [6, 6.07) is 1.99. The van der Waals surface area contributed by atoms with Crippen molar-refractivity contribution in [3.05, 3.63) is 0 Å². The van der Waals surface area contributed by atoms with Gasteiger partial charge in [0.2, 0.25) is 0 Å². The van der Waals surface area contributed by atoms with Crippen LogP contribution in [0.5, 0.6) is 0 Å². The van der Waals surface area contributed by atoms with Gasteiger partial charge in [-0.3, -0.25) is 4.90 Å². The maximum Gasteiger partial charge on any atom is 0.0195 e. The van der Waals surface area contributed by atoms with Gasteiger partial charge in [0.05, 0.1) is 0 Å². The van der Waals surface area contributed by atoms with Crippen LogP contribution in [0, 0.1) is 0 Å². The predicted molar refractivity (Wildman–Crippen MR) is 75.5 cm³/mol. The van der Waals surface area contributed by atoms with E-state index >= 15 is 0 Å². The first-order valence-electron chi connectivity index (χ1n) is 7.18. The number of nitrogens with one attached hydrogen (secondary N) is 1. The van der Waals surface area contributed by atoms with Gasteiger partial charge in [0, 0.05) is 37.8 Å². The van der Waals surface area contributed by atoms with E-state index in [0.29, 0.717) is 18.1 Å². The van der Waals surface area contributed by atoms with Crippen molar-refractivity contribution in [1.82, 2.24) is 15.1 Å². The maximum atomic E-state index is 3.71. The van der Waals surface area contributed by atoms with Crippen molar-refractivity contribution in [3.63, 3.8) is 0 Å². The lowest BCUT2D eigenvalue weighted by Crippen LogP contribution is -2.48. The lowest BCUT2D eigenvalue weighted by atomic mass is 10.1. The molecular formula is C14H31N3. The Morgan fingerprint density at radius 2 is 1.88 bits per heavy atom. The van der Waals surface area contributed by atoms with E-state index in [-0.39, 0.29) is 0 Å². The van der Waals surface area contributed by atoms with Gasteiger partial charge >= 0.3 is 0 Å². The average molecular weight is 241 g/mol. The molecule has 1 unspecified atom stereocenters. The fourth-order valence-corrected chi connectivity index (χ4v) is 2.84. The van der Waals surface area contributed by atoms with E-state index < -0.39 is 0 Å². The SMILES string of the molecule is CC(C)N(CCNC1CCCN(C)C1)C(C)C. The van der Waals surface area contributed by atoms with Crippen LogP contribution < -0.4 is 5.32 Å². The number of nitrogens with zero attached hydrogens (tertiary/aromatic N) is 2. The fraction of sp³-hybridized carbons (Fsp3) is 1.00. The maximum absolute atomic E-state index is 3.71. The summed E-state index contributed by atoms with van der Waals surface area (Å²) in [5.74, 6) is 0. The number of hydrogen-bond acceptors (Lipinski definition) is 3. The highest BCUT2D eigenvalue weighted by atomic mass is 15.2. The molecule has 0 saturated carbocycles. The monoisotopic (exact) mass is 241 g/mol. The molecule has 1 aliphatic heterocycles. The zero-order valence-corrected chi connectivity index (χ0v) is 12.4. The number of rotatable bonds is 6. The molecule has 0 radical (unpaired) electrons. The van der Waals surface area contributed by atoms with Gasteiger partial charge in [-0.15, -0.1) is 0 Å². The van der Waals surface area contributed by atoms with Gasteiger partial charge in [-0.1, -0.05) is 0 Å². The zero-order chi connectivity index (χ0) is 12.8. The summed E-state index contributed by atoms with van der Waals surface area (Å²) in [4.78, 5) is 4.99. The first-order valence-corrected chi connectivity index (χ1v) is 7.18. The Morgan fingerprint density at radius 3 is 2.41 bits per heavy atom. The lowest BCUT2D eigenvalue weighted by Gasteiger charge is -2.33. The van der Waals surface area contributed by atoms with E-state index in [1.165, 1.54) is 25.9 Å². The average Bonchev–Trinajstić information content (AvgIpc) is 2.23. The standard InChI is InChI=1S/C14H31N3/c1-12(2)17(13(3)4)10-8-15-14-7-6-9-16(5)11-14/h12-15H,6-11H2,1-5H3. The molecule has 0 spiro atoms. The third kappa shape index (κ3) is 5.36. The van der Waals surface area contributed by atoms with Gasteiger partial charge in [-0.05, 0) is 54.1 Å². The van der Waals surface area contributed by atoms with Crippen LogP contribution in [-0.2, 0) is 0 Å². The van der Waals surface area contributed by atoms with E-state index in [4.69, 9.17) is 0 Å². The highest BCUT2D eigenvalue weighted by Gasteiger charge is 2.17. The number of likely N-dealkylation sites (N-methyl/N-ethyl adjacent to an activating group) is 1. The largest absolute Gasteiger partial charge is 0.311 e. The quantitative estimate of drug-likeness (QED) is 0.765. The second-order valence-electron chi connectivity index (χ2n) is 5.98. The minimum Gasteiger partial charge on any atom is -0.311 e. The Morgan fingerprint density at radius 1 is 1.24 bits per heavy atom. The number of piperidine rings is 1. The highest BCUT2D eigenvalue weighted by Crippen LogP contribution is 2.08.